The van der Waals surface area contributed by atoms with E-state index in [9.17, 15) is 26.4 Å². The van der Waals surface area contributed by atoms with Crippen molar-refractivity contribution in [1.29, 1.82) is 0 Å². The van der Waals surface area contributed by atoms with Crippen LogP contribution in [0.3, 0.4) is 0 Å². The molecule has 6 N–H and O–H groups in total. The third-order valence-electron chi connectivity index (χ3n) is 7.67. The van der Waals surface area contributed by atoms with Gasteiger partial charge < -0.3 is 26.5 Å². The highest BCUT2D eigenvalue weighted by molar-refractivity contribution is 7.89. The number of piperazine rings is 1. The van der Waals surface area contributed by atoms with E-state index in [1.54, 1.807) is 11.2 Å². The Hall–Kier alpha value is -3.46. The molecule has 2 aliphatic rings. The maximum Gasteiger partial charge on any atom is 0.490 e. The number of halogens is 3. The summed E-state index contributed by atoms with van der Waals surface area (Å²) in [7, 11) is -3.17. The van der Waals surface area contributed by atoms with Gasteiger partial charge >= 0.3 is 12.1 Å². The van der Waals surface area contributed by atoms with Crippen molar-refractivity contribution in [3.05, 3.63) is 59.3 Å². The number of amides is 1. The fourth-order valence-corrected chi connectivity index (χ4v) is 6.51. The summed E-state index contributed by atoms with van der Waals surface area (Å²) in [6, 6.07) is 12.7. The molecule has 10 nitrogen and oxygen atoms in total. The Morgan fingerprint density at radius 3 is 2.24 bits per heavy atom. The third-order valence-corrected chi connectivity index (χ3v) is 9.55. The summed E-state index contributed by atoms with van der Waals surface area (Å²) in [6.07, 6.45) is -1.63. The number of nitrogens with two attached hydrogens (primary N) is 1. The molecule has 1 unspecified atom stereocenters. The zero-order valence-electron chi connectivity index (χ0n) is 23.0. The second kappa shape index (κ2) is 12.8. The van der Waals surface area contributed by atoms with Crippen LogP contribution in [0.1, 0.15) is 53.2 Å². The van der Waals surface area contributed by atoms with E-state index in [-0.39, 0.29) is 11.7 Å². The van der Waals surface area contributed by atoms with E-state index < -0.39 is 28.1 Å². The molecule has 0 bridgehead atoms. The Bertz CT molecular complexity index is 1530. The summed E-state index contributed by atoms with van der Waals surface area (Å²) in [5.74, 6) is -2.88. The lowest BCUT2D eigenvalue weighted by Crippen LogP contribution is -2.42. The number of hydrogen-bond donors (Lipinski definition) is 5. The van der Waals surface area contributed by atoms with E-state index in [0.717, 1.165) is 60.1 Å². The van der Waals surface area contributed by atoms with Crippen molar-refractivity contribution in [2.45, 2.75) is 37.9 Å². The number of carbonyl (C=O) groups excluding carboxylic acids is 1. The van der Waals surface area contributed by atoms with Gasteiger partial charge in [-0.15, -0.1) is 0 Å². The van der Waals surface area contributed by atoms with E-state index in [1.165, 1.54) is 5.56 Å². The summed E-state index contributed by atoms with van der Waals surface area (Å²) in [5.41, 5.74) is 11.3. The molecule has 5 rings (SSSR count). The minimum absolute atomic E-state index is 0.127. The maximum absolute atomic E-state index is 12.3. The molecule has 3 aromatic rings. The third kappa shape index (κ3) is 7.12. The van der Waals surface area contributed by atoms with Gasteiger partial charge in [-0.05, 0) is 60.1 Å². The van der Waals surface area contributed by atoms with Crippen molar-refractivity contribution in [3.8, 4) is 11.1 Å². The monoisotopic (exact) mass is 609 g/mol. The molecule has 228 valence electrons. The largest absolute Gasteiger partial charge is 0.490 e. The number of H-pyrrole nitrogens is 1. The lowest BCUT2D eigenvalue weighted by Gasteiger charge is -2.31. The summed E-state index contributed by atoms with van der Waals surface area (Å²) < 4.78 is 57.9. The van der Waals surface area contributed by atoms with E-state index in [4.69, 9.17) is 15.6 Å². The molecule has 2 aliphatic heterocycles. The first-order valence-corrected chi connectivity index (χ1v) is 15.2. The Kier molecular flexibility index (Phi) is 9.60. The number of aromatic amines is 1. The second-order valence-corrected chi connectivity index (χ2v) is 12.5. The van der Waals surface area contributed by atoms with Crippen LogP contribution in [0.2, 0.25) is 0 Å². The normalized spacial score (nSPS) is 18.8. The predicted molar refractivity (Wildman–Crippen MR) is 153 cm³/mol. The first-order valence-electron chi connectivity index (χ1n) is 13.6. The van der Waals surface area contributed by atoms with E-state index in [0.29, 0.717) is 24.7 Å². The number of aliphatic carboxylic acids is 1. The van der Waals surface area contributed by atoms with Gasteiger partial charge in [-0.1, -0.05) is 24.3 Å². The van der Waals surface area contributed by atoms with Gasteiger partial charge in [-0.2, -0.15) is 13.2 Å². The van der Waals surface area contributed by atoms with Crippen molar-refractivity contribution < 1.29 is 36.3 Å². The molecular weight excluding hydrogens is 575 g/mol. The lowest BCUT2D eigenvalue weighted by molar-refractivity contribution is -0.192. The number of nitrogens with zero attached hydrogens (tertiary/aromatic N) is 1. The number of rotatable bonds is 6. The summed E-state index contributed by atoms with van der Waals surface area (Å²) in [4.78, 5) is 24.5. The van der Waals surface area contributed by atoms with Crippen LogP contribution >= 0.6 is 0 Å². The van der Waals surface area contributed by atoms with Crippen molar-refractivity contribution >= 4 is 32.8 Å². The molecule has 14 heteroatoms. The fraction of sp³-hybridized carbons (Fsp3) is 0.429. The number of alkyl halides is 3. The van der Waals surface area contributed by atoms with Crippen molar-refractivity contribution in [2.24, 2.45) is 5.73 Å². The minimum Gasteiger partial charge on any atom is -0.475 e. The Labute approximate surface area is 241 Å². The number of carbonyl (C=O) groups is 2. The molecule has 2 fully saturated rings. The predicted octanol–water partition coefficient (Wildman–Crippen LogP) is 3.33. The van der Waals surface area contributed by atoms with Crippen LogP contribution in [0.25, 0.3) is 22.0 Å². The van der Waals surface area contributed by atoms with Gasteiger partial charge in [0.05, 0.1) is 16.8 Å². The molecule has 1 atom stereocenters. The maximum atomic E-state index is 12.3. The van der Waals surface area contributed by atoms with E-state index in [2.05, 4.69) is 45.9 Å². The molecule has 0 aliphatic carbocycles. The number of carboxylic acid groups (broad SMARTS) is 1. The number of carboxylic acids is 1. The average Bonchev–Trinajstić information content (AvgIpc) is 3.41. The van der Waals surface area contributed by atoms with E-state index >= 15 is 0 Å². The standard InChI is InChI=1S/C26H33N5O3S.C2HF3O2/c1-2-35(33,34)31-11-7-18(8-12-31)23-15-30-25-21(23)13-20(14-22(25)26(27)32)17-3-5-19(6-4-17)24-16-28-9-10-29-24;3-2(4,5)1(6)7/h3-6,13-15,18,24,28-30H,2,7-12,16H2,1H3,(H2,27,32);(H,6,7). The molecule has 42 heavy (non-hydrogen) atoms. The number of aromatic nitrogens is 1. The molecular formula is C28H34F3N5O5S. The molecule has 3 heterocycles. The van der Waals surface area contributed by atoms with Crippen molar-refractivity contribution in [1.82, 2.24) is 19.9 Å². The number of benzene rings is 2. The van der Waals surface area contributed by atoms with Gasteiger partial charge in [0.1, 0.15) is 0 Å². The molecule has 1 amide bonds. The van der Waals surface area contributed by atoms with Gasteiger partial charge in [0, 0.05) is 50.3 Å². The number of piperidine rings is 1. The first-order chi connectivity index (χ1) is 19.8. The summed E-state index contributed by atoms with van der Waals surface area (Å²) >= 11 is 0. The van der Waals surface area contributed by atoms with Gasteiger partial charge in [0.15, 0.2) is 0 Å². The quantitative estimate of drug-likeness (QED) is 0.287. The molecule has 0 saturated carbocycles. The number of fused-ring (bicyclic) bond motifs is 1. The molecule has 0 spiro atoms. The highest BCUT2D eigenvalue weighted by Gasteiger charge is 2.38. The van der Waals surface area contributed by atoms with Crippen molar-refractivity contribution in [3.63, 3.8) is 0 Å². The molecule has 2 saturated heterocycles. The van der Waals surface area contributed by atoms with Crippen LogP contribution < -0.4 is 16.4 Å². The highest BCUT2D eigenvalue weighted by Crippen LogP contribution is 2.37. The number of hydrogen-bond acceptors (Lipinski definition) is 6. The van der Waals surface area contributed by atoms with Crippen LogP contribution in [0, 0.1) is 0 Å². The zero-order chi connectivity index (χ0) is 30.7. The Balaban J connectivity index is 0.000000517. The number of primary amides is 1. The lowest BCUT2D eigenvalue weighted by atomic mass is 9.88. The molecule has 2 aromatic carbocycles. The highest BCUT2D eigenvalue weighted by atomic mass is 32.2. The summed E-state index contributed by atoms with van der Waals surface area (Å²) in [5, 5.41) is 15.1. The van der Waals surface area contributed by atoms with Crippen LogP contribution in [0.4, 0.5) is 13.2 Å². The number of sulfonamides is 1. The van der Waals surface area contributed by atoms with Crippen molar-refractivity contribution in [2.75, 3.05) is 38.5 Å². The number of nitrogens with one attached hydrogen (secondary N) is 3. The van der Waals surface area contributed by atoms with Gasteiger partial charge in [-0.3, -0.25) is 4.79 Å². The zero-order valence-corrected chi connectivity index (χ0v) is 23.8. The van der Waals surface area contributed by atoms with E-state index in [1.807, 2.05) is 12.3 Å². The van der Waals surface area contributed by atoms with Gasteiger partial charge in [0.2, 0.25) is 10.0 Å². The second-order valence-electron chi connectivity index (χ2n) is 10.3. The summed E-state index contributed by atoms with van der Waals surface area (Å²) in [6.45, 7) is 5.55. The van der Waals surface area contributed by atoms with Crippen LogP contribution in [-0.4, -0.2) is 79.3 Å². The average molecular weight is 610 g/mol. The topological polar surface area (TPSA) is 158 Å². The SMILES string of the molecule is CCS(=O)(=O)N1CCC(c2c[nH]c3c(C(N)=O)cc(-c4ccc(C5CNCCN5)cc4)cc23)CC1.O=C(O)C(F)(F)F. The molecule has 1 aromatic heterocycles. The smallest absolute Gasteiger partial charge is 0.475 e. The van der Waals surface area contributed by atoms with Crippen LogP contribution in [0.5, 0.6) is 0 Å². The Morgan fingerprint density at radius 1 is 1.07 bits per heavy atom. The van der Waals surface area contributed by atoms with Crippen LogP contribution in [0.15, 0.2) is 42.6 Å². The van der Waals surface area contributed by atoms with Crippen LogP contribution in [-0.2, 0) is 14.8 Å². The first kappa shape index (κ1) is 31.5. The Morgan fingerprint density at radius 2 is 1.71 bits per heavy atom. The fourth-order valence-electron chi connectivity index (χ4n) is 5.38. The van der Waals surface area contributed by atoms with Gasteiger partial charge in [-0.25, -0.2) is 17.5 Å². The minimum atomic E-state index is -5.08. The van der Waals surface area contributed by atoms with Gasteiger partial charge in [0.25, 0.3) is 5.91 Å². The molecule has 0 radical (unpaired) electrons.